The van der Waals surface area contributed by atoms with E-state index in [-0.39, 0.29) is 11.3 Å². The second-order valence-electron chi connectivity index (χ2n) is 6.34. The van der Waals surface area contributed by atoms with Gasteiger partial charge in [0, 0.05) is 24.7 Å². The first-order valence-electron chi connectivity index (χ1n) is 6.86. The molecule has 96 valence electrons. The van der Waals surface area contributed by atoms with Crippen molar-refractivity contribution >= 4 is 5.78 Å². The van der Waals surface area contributed by atoms with Gasteiger partial charge in [-0.15, -0.1) is 0 Å². The third kappa shape index (κ3) is 1.66. The summed E-state index contributed by atoms with van der Waals surface area (Å²) < 4.78 is 11.7. The monoisotopic (exact) mass is 238 g/mol. The zero-order valence-corrected chi connectivity index (χ0v) is 10.8. The Morgan fingerprint density at radius 3 is 2.65 bits per heavy atom. The minimum Gasteiger partial charge on any atom is -0.347 e. The third-order valence-electron chi connectivity index (χ3n) is 5.19. The van der Waals surface area contributed by atoms with E-state index in [1.807, 2.05) is 0 Å². The largest absolute Gasteiger partial charge is 0.347 e. The maximum atomic E-state index is 12.2. The first-order chi connectivity index (χ1) is 8.06. The smallest absolute Gasteiger partial charge is 0.171 e. The van der Waals surface area contributed by atoms with E-state index < -0.39 is 5.79 Å². The van der Waals surface area contributed by atoms with Crippen LogP contribution in [0, 0.1) is 17.3 Å². The summed E-state index contributed by atoms with van der Waals surface area (Å²) in [5.41, 5.74) is 0.190. The van der Waals surface area contributed by atoms with Crippen LogP contribution in [0.4, 0.5) is 0 Å². The molecule has 1 spiro atoms. The molecule has 17 heavy (non-hydrogen) atoms. The molecule has 3 atom stereocenters. The molecule has 3 aliphatic rings. The molecule has 0 aromatic rings. The number of carbonyl (C=O) groups is 1. The van der Waals surface area contributed by atoms with Crippen LogP contribution in [-0.2, 0) is 14.3 Å². The van der Waals surface area contributed by atoms with Crippen molar-refractivity contribution in [2.75, 3.05) is 13.2 Å². The summed E-state index contributed by atoms with van der Waals surface area (Å²) in [5, 5.41) is 0. The number of hydrogen-bond acceptors (Lipinski definition) is 3. The van der Waals surface area contributed by atoms with Crippen molar-refractivity contribution in [2.24, 2.45) is 17.3 Å². The van der Waals surface area contributed by atoms with Crippen molar-refractivity contribution in [2.45, 2.75) is 51.7 Å². The predicted molar refractivity (Wildman–Crippen MR) is 63.5 cm³/mol. The van der Waals surface area contributed by atoms with E-state index in [1.165, 1.54) is 6.42 Å². The fourth-order valence-corrected chi connectivity index (χ4v) is 4.22. The van der Waals surface area contributed by atoms with Crippen LogP contribution in [0.15, 0.2) is 0 Å². The molecule has 3 heteroatoms. The predicted octanol–water partition coefficient (Wildman–Crippen LogP) is 2.53. The molecule has 0 amide bonds. The van der Waals surface area contributed by atoms with Crippen LogP contribution in [0.25, 0.3) is 0 Å². The zero-order chi connectivity index (χ0) is 12.1. The second kappa shape index (κ2) is 3.79. The van der Waals surface area contributed by atoms with Gasteiger partial charge in [-0.05, 0) is 24.7 Å². The zero-order valence-electron chi connectivity index (χ0n) is 10.8. The molecule has 1 saturated heterocycles. The number of ketones is 1. The van der Waals surface area contributed by atoms with Gasteiger partial charge in [-0.25, -0.2) is 0 Å². The Labute approximate surface area is 103 Å². The fourth-order valence-electron chi connectivity index (χ4n) is 4.22. The molecule has 0 aromatic heterocycles. The average molecular weight is 238 g/mol. The quantitative estimate of drug-likeness (QED) is 0.650. The lowest BCUT2D eigenvalue weighted by Gasteiger charge is -2.52. The Bertz CT molecular complexity index is 332. The van der Waals surface area contributed by atoms with Crippen LogP contribution in [0.1, 0.15) is 46.0 Å². The fraction of sp³-hybridized carbons (Fsp3) is 0.929. The molecule has 1 unspecified atom stereocenters. The highest BCUT2D eigenvalue weighted by molar-refractivity contribution is 5.82. The van der Waals surface area contributed by atoms with Crippen LogP contribution < -0.4 is 0 Å². The number of carbonyl (C=O) groups excluding carboxylic acids is 1. The van der Waals surface area contributed by atoms with Gasteiger partial charge in [-0.1, -0.05) is 13.8 Å². The molecule has 0 bridgehead atoms. The van der Waals surface area contributed by atoms with Crippen LogP contribution in [0.5, 0.6) is 0 Å². The van der Waals surface area contributed by atoms with Crippen LogP contribution in [-0.4, -0.2) is 24.8 Å². The molecule has 1 heterocycles. The molecule has 0 radical (unpaired) electrons. The van der Waals surface area contributed by atoms with Crippen molar-refractivity contribution in [3.8, 4) is 0 Å². The summed E-state index contributed by atoms with van der Waals surface area (Å²) in [6, 6.07) is 0. The van der Waals surface area contributed by atoms with Gasteiger partial charge in [-0.2, -0.15) is 0 Å². The summed E-state index contributed by atoms with van der Waals surface area (Å²) in [5.74, 6) is 0.545. The first kappa shape index (κ1) is 11.7. The van der Waals surface area contributed by atoms with E-state index in [4.69, 9.17) is 9.47 Å². The standard InChI is InChI=1S/C14H22O3/c1-10-8-13(2)5-3-4-12(15)11(13)9-14(10)16-6-7-17-14/h10-11H,3-9H2,1-2H3/t10?,11-,13-/m1/s1. The lowest BCUT2D eigenvalue weighted by Crippen LogP contribution is -2.53. The van der Waals surface area contributed by atoms with Crippen LogP contribution >= 0.6 is 0 Å². The highest BCUT2D eigenvalue weighted by Crippen LogP contribution is 2.55. The van der Waals surface area contributed by atoms with E-state index in [9.17, 15) is 4.79 Å². The minimum absolute atomic E-state index is 0.158. The van der Waals surface area contributed by atoms with Gasteiger partial charge in [0.15, 0.2) is 5.79 Å². The van der Waals surface area contributed by atoms with Crippen molar-refractivity contribution in [1.82, 2.24) is 0 Å². The summed E-state index contributed by atoms with van der Waals surface area (Å²) in [6.07, 6.45) is 4.84. The Balaban J connectivity index is 1.89. The summed E-state index contributed by atoms with van der Waals surface area (Å²) >= 11 is 0. The topological polar surface area (TPSA) is 35.5 Å². The van der Waals surface area contributed by atoms with E-state index in [0.717, 1.165) is 25.7 Å². The van der Waals surface area contributed by atoms with Crippen LogP contribution in [0.2, 0.25) is 0 Å². The number of fused-ring (bicyclic) bond motifs is 1. The SMILES string of the molecule is CC1C[C@@]2(C)CCCC(=O)[C@H]2CC12OCCO2. The highest BCUT2D eigenvalue weighted by atomic mass is 16.7. The molecular formula is C14H22O3. The normalized spacial score (nSPS) is 44.9. The van der Waals surface area contributed by atoms with Crippen LogP contribution in [0.3, 0.4) is 0 Å². The van der Waals surface area contributed by atoms with Gasteiger partial charge in [0.25, 0.3) is 0 Å². The summed E-state index contributed by atoms with van der Waals surface area (Å²) in [6.45, 7) is 5.86. The van der Waals surface area contributed by atoms with Gasteiger partial charge < -0.3 is 9.47 Å². The Morgan fingerprint density at radius 1 is 1.24 bits per heavy atom. The van der Waals surface area contributed by atoms with E-state index in [0.29, 0.717) is 24.9 Å². The van der Waals surface area contributed by atoms with E-state index >= 15 is 0 Å². The lowest BCUT2D eigenvalue weighted by atomic mass is 9.56. The van der Waals surface area contributed by atoms with Crippen molar-refractivity contribution in [3.63, 3.8) is 0 Å². The first-order valence-corrected chi connectivity index (χ1v) is 6.86. The average Bonchev–Trinajstić information content (AvgIpc) is 2.72. The Hall–Kier alpha value is -0.410. The van der Waals surface area contributed by atoms with Crippen molar-refractivity contribution in [3.05, 3.63) is 0 Å². The molecule has 3 rings (SSSR count). The molecule has 2 aliphatic carbocycles. The number of Topliss-reactive ketones (excluding diaryl/α,β-unsaturated/α-hetero) is 1. The second-order valence-corrected chi connectivity index (χ2v) is 6.34. The maximum absolute atomic E-state index is 12.2. The Morgan fingerprint density at radius 2 is 1.94 bits per heavy atom. The molecule has 3 fully saturated rings. The highest BCUT2D eigenvalue weighted by Gasteiger charge is 2.56. The minimum atomic E-state index is -0.447. The van der Waals surface area contributed by atoms with Gasteiger partial charge in [0.05, 0.1) is 13.2 Å². The Kier molecular flexibility index (Phi) is 2.60. The third-order valence-corrected chi connectivity index (χ3v) is 5.19. The van der Waals surface area contributed by atoms with Gasteiger partial charge in [0.1, 0.15) is 5.78 Å². The molecule has 1 aliphatic heterocycles. The molecule has 0 N–H and O–H groups in total. The number of hydrogen-bond donors (Lipinski definition) is 0. The summed E-state index contributed by atoms with van der Waals surface area (Å²) in [7, 11) is 0. The number of ether oxygens (including phenoxy) is 2. The molecule has 3 nitrogen and oxygen atoms in total. The van der Waals surface area contributed by atoms with E-state index in [1.54, 1.807) is 0 Å². The molecule has 0 aromatic carbocycles. The van der Waals surface area contributed by atoms with Crippen molar-refractivity contribution in [1.29, 1.82) is 0 Å². The van der Waals surface area contributed by atoms with Gasteiger partial charge >= 0.3 is 0 Å². The summed E-state index contributed by atoms with van der Waals surface area (Å²) in [4.78, 5) is 12.2. The maximum Gasteiger partial charge on any atom is 0.171 e. The van der Waals surface area contributed by atoms with Crippen molar-refractivity contribution < 1.29 is 14.3 Å². The molecular weight excluding hydrogens is 216 g/mol. The number of rotatable bonds is 0. The van der Waals surface area contributed by atoms with Gasteiger partial charge in [0.2, 0.25) is 0 Å². The molecule has 2 saturated carbocycles. The van der Waals surface area contributed by atoms with E-state index in [2.05, 4.69) is 13.8 Å². The lowest BCUT2D eigenvalue weighted by molar-refractivity contribution is -0.238. The van der Waals surface area contributed by atoms with Gasteiger partial charge in [-0.3, -0.25) is 4.79 Å².